The van der Waals surface area contributed by atoms with Gasteiger partial charge in [0.15, 0.2) is 15.7 Å². The largest absolute Gasteiger partial charge is 0.469 e. The molecule has 3 heterocycles. The van der Waals surface area contributed by atoms with Crippen molar-refractivity contribution in [2.75, 3.05) is 36.2 Å². The molecule has 0 unspecified atom stereocenters. The summed E-state index contributed by atoms with van der Waals surface area (Å²) < 4.78 is 31.8. The molecule has 1 N–H and O–H groups in total. The highest BCUT2D eigenvalue weighted by molar-refractivity contribution is 9.10. The van der Waals surface area contributed by atoms with E-state index in [1.807, 2.05) is 12.1 Å². The Hall–Kier alpha value is -3.24. The zero-order valence-corrected chi connectivity index (χ0v) is 22.8. The molecule has 8 nitrogen and oxygen atoms in total. The summed E-state index contributed by atoms with van der Waals surface area (Å²) in [5, 5.41) is 3.21. The monoisotopic (exact) mass is 582 g/mol. The van der Waals surface area contributed by atoms with Crippen LogP contribution in [-0.2, 0) is 32.2 Å². The zero-order chi connectivity index (χ0) is 26.0. The molecule has 3 aromatic rings. The molecular weight excluding hydrogens is 556 g/mol. The van der Waals surface area contributed by atoms with E-state index in [9.17, 15) is 13.2 Å². The van der Waals surface area contributed by atoms with Crippen molar-refractivity contribution in [3.05, 3.63) is 75.9 Å². The van der Waals surface area contributed by atoms with E-state index in [-0.39, 0.29) is 23.0 Å². The summed E-state index contributed by atoms with van der Waals surface area (Å²) in [5.41, 5.74) is 4.51. The maximum absolute atomic E-state index is 13.0. The standard InChI is InChI=1S/C27H27BrN4O4S/c1-36-24(33)17-18-4-10-22(11-5-18)29-26-25-23(3-2-16-37(25,34)35)30-27(31-26)32-14-12-20(13-15-32)19-6-8-21(28)9-7-19/h4-12H,2-3,13-17H2,1H3,(H,29,30,31). The minimum Gasteiger partial charge on any atom is -0.469 e. The van der Waals surface area contributed by atoms with E-state index in [0.29, 0.717) is 42.5 Å². The number of halogens is 1. The first-order chi connectivity index (χ1) is 17.8. The molecule has 0 amide bonds. The highest BCUT2D eigenvalue weighted by atomic mass is 79.9. The topological polar surface area (TPSA) is 101 Å². The van der Waals surface area contributed by atoms with E-state index < -0.39 is 9.84 Å². The van der Waals surface area contributed by atoms with Crippen LogP contribution in [0, 0.1) is 0 Å². The maximum Gasteiger partial charge on any atom is 0.309 e. The molecule has 0 saturated carbocycles. The van der Waals surface area contributed by atoms with Crippen LogP contribution in [0.25, 0.3) is 5.57 Å². The first kappa shape index (κ1) is 25.4. The van der Waals surface area contributed by atoms with Gasteiger partial charge in [0.25, 0.3) is 0 Å². The lowest BCUT2D eigenvalue weighted by molar-refractivity contribution is -0.139. The van der Waals surface area contributed by atoms with Crippen LogP contribution in [0.2, 0.25) is 0 Å². The quantitative estimate of drug-likeness (QED) is 0.417. The van der Waals surface area contributed by atoms with E-state index in [0.717, 1.165) is 23.0 Å². The molecular formula is C27H27BrN4O4S. The number of fused-ring (bicyclic) bond motifs is 1. The Morgan fingerprint density at radius 3 is 2.51 bits per heavy atom. The van der Waals surface area contributed by atoms with Crippen molar-refractivity contribution in [1.82, 2.24) is 9.97 Å². The van der Waals surface area contributed by atoms with Crippen LogP contribution in [0.3, 0.4) is 0 Å². The van der Waals surface area contributed by atoms with Gasteiger partial charge in [-0.2, -0.15) is 4.98 Å². The van der Waals surface area contributed by atoms with Crippen LogP contribution < -0.4 is 10.2 Å². The Labute approximate surface area is 224 Å². The van der Waals surface area contributed by atoms with Gasteiger partial charge in [-0.15, -0.1) is 0 Å². The lowest BCUT2D eigenvalue weighted by Gasteiger charge is -2.29. The lowest BCUT2D eigenvalue weighted by atomic mass is 10.00. The van der Waals surface area contributed by atoms with Crippen LogP contribution in [-0.4, -0.2) is 50.3 Å². The Morgan fingerprint density at radius 2 is 1.84 bits per heavy atom. The number of nitrogens with zero attached hydrogens (tertiary/aromatic N) is 3. The highest BCUT2D eigenvalue weighted by Gasteiger charge is 2.31. The van der Waals surface area contributed by atoms with Crippen molar-refractivity contribution < 1.29 is 17.9 Å². The zero-order valence-electron chi connectivity index (χ0n) is 20.4. The first-order valence-corrected chi connectivity index (χ1v) is 14.5. The molecule has 0 aliphatic carbocycles. The Kier molecular flexibility index (Phi) is 7.30. The number of hydrogen-bond acceptors (Lipinski definition) is 8. The lowest BCUT2D eigenvalue weighted by Crippen LogP contribution is -2.31. The number of rotatable bonds is 6. The van der Waals surface area contributed by atoms with Gasteiger partial charge in [-0.3, -0.25) is 4.79 Å². The van der Waals surface area contributed by atoms with E-state index in [1.54, 1.807) is 24.3 Å². The number of esters is 1. The third-order valence-electron chi connectivity index (χ3n) is 6.56. The summed E-state index contributed by atoms with van der Waals surface area (Å²) in [6.07, 6.45) is 4.32. The van der Waals surface area contributed by atoms with Gasteiger partial charge >= 0.3 is 5.97 Å². The van der Waals surface area contributed by atoms with Crippen LogP contribution in [0.1, 0.15) is 29.7 Å². The number of benzene rings is 2. The molecule has 0 radical (unpaired) electrons. The summed E-state index contributed by atoms with van der Waals surface area (Å²) in [4.78, 5) is 23.2. The number of sulfone groups is 1. The number of anilines is 3. The van der Waals surface area contributed by atoms with Crippen LogP contribution in [0.5, 0.6) is 0 Å². The minimum absolute atomic E-state index is 0.0818. The van der Waals surface area contributed by atoms with Crippen LogP contribution in [0.15, 0.2) is 64.0 Å². The molecule has 0 spiro atoms. The number of carbonyl (C=O) groups excluding carboxylic acids is 1. The van der Waals surface area contributed by atoms with E-state index in [1.165, 1.54) is 18.2 Å². The minimum atomic E-state index is -3.50. The predicted molar refractivity (Wildman–Crippen MR) is 147 cm³/mol. The fourth-order valence-corrected chi connectivity index (χ4v) is 6.49. The molecule has 0 atom stereocenters. The van der Waals surface area contributed by atoms with Crippen molar-refractivity contribution in [2.45, 2.75) is 30.6 Å². The third kappa shape index (κ3) is 5.70. The molecule has 0 saturated heterocycles. The van der Waals surface area contributed by atoms with Gasteiger partial charge in [-0.05, 0) is 60.2 Å². The van der Waals surface area contributed by atoms with Gasteiger partial charge in [-0.25, -0.2) is 13.4 Å². The molecule has 10 heteroatoms. The summed E-state index contributed by atoms with van der Waals surface area (Å²) in [7, 11) is -2.14. The van der Waals surface area contributed by atoms with Gasteiger partial charge in [0, 0.05) is 23.2 Å². The summed E-state index contributed by atoms with van der Waals surface area (Å²) in [5.74, 6) is 0.577. The molecule has 2 aliphatic heterocycles. The van der Waals surface area contributed by atoms with E-state index in [4.69, 9.17) is 14.7 Å². The van der Waals surface area contributed by atoms with Gasteiger partial charge in [0.2, 0.25) is 5.95 Å². The molecule has 1 aromatic heterocycles. The number of methoxy groups -OCH3 is 1. The molecule has 5 rings (SSSR count). The molecule has 37 heavy (non-hydrogen) atoms. The van der Waals surface area contributed by atoms with Gasteiger partial charge in [0.05, 0.1) is 25.0 Å². The summed E-state index contributed by atoms with van der Waals surface area (Å²) in [6, 6.07) is 15.5. The second kappa shape index (κ2) is 10.6. The van der Waals surface area contributed by atoms with Crippen LogP contribution in [0.4, 0.5) is 17.5 Å². The third-order valence-corrected chi connectivity index (χ3v) is 8.97. The van der Waals surface area contributed by atoms with Crippen molar-refractivity contribution in [2.24, 2.45) is 0 Å². The molecule has 0 fully saturated rings. The molecule has 2 aromatic carbocycles. The highest BCUT2D eigenvalue weighted by Crippen LogP contribution is 2.34. The number of aromatic nitrogens is 2. The average molecular weight is 584 g/mol. The number of hydrogen-bond donors (Lipinski definition) is 1. The van der Waals surface area contributed by atoms with Gasteiger partial charge in [0.1, 0.15) is 4.90 Å². The Bertz CT molecular complexity index is 1450. The second-order valence-corrected chi connectivity index (χ2v) is 12.0. The van der Waals surface area contributed by atoms with E-state index >= 15 is 0 Å². The fourth-order valence-electron chi connectivity index (χ4n) is 4.60. The fraction of sp³-hybridized carbons (Fsp3) is 0.296. The van der Waals surface area contributed by atoms with Gasteiger partial charge < -0.3 is 15.0 Å². The van der Waals surface area contributed by atoms with Gasteiger partial charge in [-0.1, -0.05) is 46.3 Å². The molecule has 192 valence electrons. The first-order valence-electron chi connectivity index (χ1n) is 12.1. The summed E-state index contributed by atoms with van der Waals surface area (Å²) >= 11 is 3.48. The van der Waals surface area contributed by atoms with Crippen LogP contribution >= 0.6 is 15.9 Å². The number of carbonyl (C=O) groups is 1. The van der Waals surface area contributed by atoms with Crippen molar-refractivity contribution >= 4 is 54.8 Å². The molecule has 0 bridgehead atoms. The SMILES string of the molecule is COC(=O)Cc1ccc(Nc2nc(N3CC=C(c4ccc(Br)cc4)CC3)nc3c2S(=O)(=O)CCC3)cc1. The Balaban J connectivity index is 1.43. The number of aryl methyl sites for hydroxylation is 1. The summed E-state index contributed by atoms with van der Waals surface area (Å²) in [6.45, 7) is 1.37. The normalized spacial score (nSPS) is 16.5. The Morgan fingerprint density at radius 1 is 1.08 bits per heavy atom. The second-order valence-electron chi connectivity index (χ2n) is 9.08. The smallest absolute Gasteiger partial charge is 0.309 e. The maximum atomic E-state index is 13.0. The number of nitrogens with one attached hydrogen (secondary N) is 1. The average Bonchev–Trinajstić information content (AvgIpc) is 2.90. The molecule has 2 aliphatic rings. The van der Waals surface area contributed by atoms with Crippen molar-refractivity contribution in [3.63, 3.8) is 0 Å². The van der Waals surface area contributed by atoms with Crippen molar-refractivity contribution in [1.29, 1.82) is 0 Å². The van der Waals surface area contributed by atoms with Crippen molar-refractivity contribution in [3.8, 4) is 0 Å². The van der Waals surface area contributed by atoms with E-state index in [2.05, 4.69) is 44.4 Å². The number of ether oxygens (including phenoxy) is 1. The predicted octanol–water partition coefficient (Wildman–Crippen LogP) is 4.71.